The molecule has 3 fully saturated rings. The topological polar surface area (TPSA) is 50.1 Å². The molecule has 4 heteroatoms. The summed E-state index contributed by atoms with van der Waals surface area (Å²) in [5.74, 6) is -1.40. The van der Waals surface area contributed by atoms with Crippen molar-refractivity contribution in [3.05, 3.63) is 0 Å². The van der Waals surface area contributed by atoms with E-state index in [2.05, 4.69) is 41.5 Å². The highest BCUT2D eigenvalue weighted by molar-refractivity contribution is 5.16. The molecule has 1 unspecified atom stereocenters. The van der Waals surface area contributed by atoms with Gasteiger partial charge in [-0.3, -0.25) is 0 Å². The zero-order chi connectivity index (χ0) is 12.7. The summed E-state index contributed by atoms with van der Waals surface area (Å²) in [6.45, 7) is 13.4. The molecule has 4 nitrogen and oxygen atoms in total. The van der Waals surface area contributed by atoms with Gasteiger partial charge in [0.2, 0.25) is 0 Å². The Bertz CT molecular complexity index is 360. The minimum atomic E-state index is -0.715. The minimum absolute atomic E-state index is 0.0451. The molecule has 0 N–H and O–H groups in total. The summed E-state index contributed by atoms with van der Waals surface area (Å²) >= 11 is 0. The Labute approximate surface area is 102 Å². The summed E-state index contributed by atoms with van der Waals surface area (Å²) in [6.07, 6.45) is 1.84. The van der Waals surface area contributed by atoms with Gasteiger partial charge < -0.3 is 0 Å². The molecule has 2 aliphatic heterocycles. The second-order valence-electron chi connectivity index (χ2n) is 7.80. The molecule has 3 aliphatic rings. The van der Waals surface area contributed by atoms with Crippen molar-refractivity contribution < 1.29 is 19.6 Å². The fourth-order valence-electron chi connectivity index (χ4n) is 3.63. The van der Waals surface area contributed by atoms with Crippen molar-refractivity contribution >= 4 is 0 Å². The van der Waals surface area contributed by atoms with E-state index in [1.807, 2.05) is 0 Å². The quantitative estimate of drug-likeness (QED) is 0.483. The van der Waals surface area contributed by atoms with E-state index >= 15 is 0 Å². The molecule has 0 aromatic rings. The Morgan fingerprint density at radius 1 is 0.824 bits per heavy atom. The van der Waals surface area contributed by atoms with E-state index < -0.39 is 11.6 Å². The van der Waals surface area contributed by atoms with E-state index in [1.165, 1.54) is 0 Å². The van der Waals surface area contributed by atoms with E-state index in [1.54, 1.807) is 0 Å². The van der Waals surface area contributed by atoms with Crippen LogP contribution in [0.5, 0.6) is 0 Å². The van der Waals surface area contributed by atoms with Crippen LogP contribution in [0.25, 0.3) is 0 Å². The van der Waals surface area contributed by atoms with Crippen LogP contribution < -0.4 is 0 Å². The lowest BCUT2D eigenvalue weighted by atomic mass is 9.51. The Morgan fingerprint density at radius 3 is 1.71 bits per heavy atom. The second-order valence-corrected chi connectivity index (χ2v) is 7.80. The van der Waals surface area contributed by atoms with Crippen molar-refractivity contribution in [1.82, 2.24) is 0 Å². The first-order valence-electron chi connectivity index (χ1n) is 6.31. The van der Waals surface area contributed by atoms with Gasteiger partial charge in [-0.25, -0.2) is 0 Å². The van der Waals surface area contributed by atoms with Crippen LogP contribution in [0.1, 0.15) is 54.4 Å². The monoisotopic (exact) mass is 242 g/mol. The molecule has 2 heterocycles. The normalized spacial score (nSPS) is 40.6. The molecule has 3 rings (SSSR count). The predicted octanol–water partition coefficient (Wildman–Crippen LogP) is 3.18. The van der Waals surface area contributed by atoms with Crippen molar-refractivity contribution in [3.63, 3.8) is 0 Å². The fraction of sp³-hybridized carbons (Fsp3) is 1.00. The van der Waals surface area contributed by atoms with Crippen molar-refractivity contribution in [2.24, 2.45) is 16.2 Å². The van der Waals surface area contributed by atoms with Crippen LogP contribution in [0.15, 0.2) is 0 Å². The van der Waals surface area contributed by atoms with Crippen LogP contribution >= 0.6 is 0 Å². The van der Waals surface area contributed by atoms with Crippen LogP contribution in [0, 0.1) is 16.2 Å². The summed E-state index contributed by atoms with van der Waals surface area (Å²) in [6, 6.07) is 0. The van der Waals surface area contributed by atoms with Crippen LogP contribution in [-0.2, 0) is 19.6 Å². The summed E-state index contributed by atoms with van der Waals surface area (Å²) < 4.78 is 0. The molecule has 0 aromatic carbocycles. The maximum Gasteiger partial charge on any atom is 0.298 e. The Hall–Kier alpha value is -0.160. The molecular formula is C13H22O4. The zero-order valence-corrected chi connectivity index (χ0v) is 11.5. The SMILES string of the molecule is CC1(C)CC2(OO2)C2(OO2)C(C)(C(C)(C)C)C1. The number of hydrogen-bond donors (Lipinski definition) is 0. The smallest absolute Gasteiger partial charge is 0.188 e. The van der Waals surface area contributed by atoms with Gasteiger partial charge in [0.15, 0.2) is 0 Å². The molecule has 1 atom stereocenters. The Balaban J connectivity index is 2.07. The molecule has 1 aliphatic carbocycles. The van der Waals surface area contributed by atoms with Gasteiger partial charge in [0.1, 0.15) is 0 Å². The molecule has 2 spiro atoms. The highest BCUT2D eigenvalue weighted by atomic mass is 17.5. The van der Waals surface area contributed by atoms with Crippen LogP contribution in [0.2, 0.25) is 0 Å². The van der Waals surface area contributed by atoms with Gasteiger partial charge in [-0.15, -0.1) is 0 Å². The van der Waals surface area contributed by atoms with Gasteiger partial charge in [0.25, 0.3) is 11.6 Å². The first kappa shape index (κ1) is 11.9. The summed E-state index contributed by atoms with van der Waals surface area (Å²) in [5, 5.41) is 0. The molecular weight excluding hydrogens is 220 g/mol. The van der Waals surface area contributed by atoms with Gasteiger partial charge in [-0.2, -0.15) is 19.6 Å². The van der Waals surface area contributed by atoms with E-state index in [0.29, 0.717) is 0 Å². The van der Waals surface area contributed by atoms with Crippen LogP contribution in [-0.4, -0.2) is 11.6 Å². The van der Waals surface area contributed by atoms with E-state index in [-0.39, 0.29) is 16.2 Å². The zero-order valence-electron chi connectivity index (χ0n) is 11.5. The Kier molecular flexibility index (Phi) is 1.90. The first-order valence-corrected chi connectivity index (χ1v) is 6.31. The van der Waals surface area contributed by atoms with E-state index in [9.17, 15) is 0 Å². The predicted molar refractivity (Wildman–Crippen MR) is 60.4 cm³/mol. The van der Waals surface area contributed by atoms with Crippen molar-refractivity contribution in [1.29, 1.82) is 0 Å². The number of hydrogen-bond acceptors (Lipinski definition) is 4. The van der Waals surface area contributed by atoms with Gasteiger partial charge in [0, 0.05) is 11.8 Å². The summed E-state index contributed by atoms with van der Waals surface area (Å²) in [7, 11) is 0. The number of rotatable bonds is 0. The molecule has 0 radical (unpaired) electrons. The molecule has 2 saturated heterocycles. The molecule has 98 valence electrons. The first-order chi connectivity index (χ1) is 7.58. The second kappa shape index (κ2) is 2.72. The molecule has 17 heavy (non-hydrogen) atoms. The fourth-order valence-corrected chi connectivity index (χ4v) is 3.63. The third kappa shape index (κ3) is 1.27. The average molecular weight is 242 g/mol. The summed E-state index contributed by atoms with van der Waals surface area (Å²) in [4.78, 5) is 21.4. The van der Waals surface area contributed by atoms with E-state index in [4.69, 9.17) is 19.6 Å². The Morgan fingerprint density at radius 2 is 1.35 bits per heavy atom. The van der Waals surface area contributed by atoms with Crippen LogP contribution in [0.4, 0.5) is 0 Å². The lowest BCUT2D eigenvalue weighted by molar-refractivity contribution is -0.129. The lowest BCUT2D eigenvalue weighted by Gasteiger charge is -2.52. The maximum atomic E-state index is 5.40. The van der Waals surface area contributed by atoms with Gasteiger partial charge in [0.05, 0.1) is 0 Å². The third-order valence-electron chi connectivity index (χ3n) is 4.96. The van der Waals surface area contributed by atoms with Crippen LogP contribution in [0.3, 0.4) is 0 Å². The van der Waals surface area contributed by atoms with Crippen molar-refractivity contribution in [3.8, 4) is 0 Å². The van der Waals surface area contributed by atoms with Gasteiger partial charge >= 0.3 is 0 Å². The largest absolute Gasteiger partial charge is 0.298 e. The van der Waals surface area contributed by atoms with Crippen molar-refractivity contribution in [2.75, 3.05) is 0 Å². The minimum Gasteiger partial charge on any atom is -0.188 e. The van der Waals surface area contributed by atoms with Gasteiger partial charge in [-0.1, -0.05) is 41.5 Å². The van der Waals surface area contributed by atoms with Crippen molar-refractivity contribution in [2.45, 2.75) is 66.0 Å². The highest BCUT2D eigenvalue weighted by Gasteiger charge is 2.88. The molecule has 0 aromatic heterocycles. The maximum absolute atomic E-state index is 5.40. The highest BCUT2D eigenvalue weighted by Crippen LogP contribution is 2.73. The third-order valence-corrected chi connectivity index (χ3v) is 4.96. The molecule has 1 saturated carbocycles. The lowest BCUT2D eigenvalue weighted by Crippen LogP contribution is -2.60. The number of fused-ring (bicyclic) bond motifs is 1. The standard InChI is InChI=1S/C13H22O4/c1-9(2,3)11(6)7-10(4,5)8-12(14-15-12)13(11)16-17-13/h7-8H2,1-6H3. The molecule has 0 bridgehead atoms. The molecule has 0 amide bonds. The van der Waals surface area contributed by atoms with E-state index in [0.717, 1.165) is 12.8 Å². The van der Waals surface area contributed by atoms with Gasteiger partial charge in [-0.05, 0) is 17.3 Å². The summed E-state index contributed by atoms with van der Waals surface area (Å²) in [5.41, 5.74) is 0.0564. The average Bonchev–Trinajstić information content (AvgIpc) is 2.88.